The van der Waals surface area contributed by atoms with E-state index in [2.05, 4.69) is 62.4 Å². The van der Waals surface area contributed by atoms with E-state index in [0.717, 1.165) is 35.2 Å². The summed E-state index contributed by atoms with van der Waals surface area (Å²) in [4.78, 5) is 0. The molecule has 2 fully saturated rings. The molecule has 0 N–H and O–H groups in total. The van der Waals surface area contributed by atoms with Crippen LogP contribution < -0.4 is 9.31 Å². The summed E-state index contributed by atoms with van der Waals surface area (Å²) in [6, 6.07) is 17.5. The van der Waals surface area contributed by atoms with Crippen molar-refractivity contribution in [3.63, 3.8) is 0 Å². The maximum Gasteiger partial charge on any atom is 0.576 e. The van der Waals surface area contributed by atoms with Gasteiger partial charge in [-0.2, -0.15) is 0 Å². The Bertz CT molecular complexity index is 788. The van der Waals surface area contributed by atoms with Crippen molar-refractivity contribution in [2.24, 2.45) is 11.8 Å². The van der Waals surface area contributed by atoms with Gasteiger partial charge in [-0.15, -0.1) is 0 Å². The fraction of sp³-hybridized carbons (Fsp3) is 0.647. The highest BCUT2D eigenvalue weighted by Crippen LogP contribution is 2.39. The van der Waals surface area contributed by atoms with Crippen LogP contribution >= 0.6 is 0 Å². The quantitative estimate of drug-likeness (QED) is 0.189. The third-order valence-electron chi connectivity index (χ3n) is 9.28. The first-order chi connectivity index (χ1) is 18.2. The molecule has 0 amide bonds. The molecule has 37 heavy (non-hydrogen) atoms. The van der Waals surface area contributed by atoms with Crippen LogP contribution in [-0.4, -0.2) is 7.69 Å². The molecule has 0 aromatic heterocycles. The summed E-state index contributed by atoms with van der Waals surface area (Å²) in [6.45, 7) is 4.60. The predicted molar refractivity (Wildman–Crippen MR) is 159 cm³/mol. The van der Waals surface area contributed by atoms with E-state index in [4.69, 9.17) is 9.31 Å². The first-order valence-corrected chi connectivity index (χ1v) is 15.7. The maximum absolute atomic E-state index is 5.90. The lowest BCUT2D eigenvalue weighted by Gasteiger charge is -2.29. The van der Waals surface area contributed by atoms with Gasteiger partial charge in [0.15, 0.2) is 0 Å². The highest BCUT2D eigenvalue weighted by Gasteiger charge is 2.23. The van der Waals surface area contributed by atoms with Gasteiger partial charge >= 0.3 is 7.69 Å². The van der Waals surface area contributed by atoms with Gasteiger partial charge < -0.3 is 9.31 Å². The molecule has 4 rings (SSSR count). The fourth-order valence-corrected chi connectivity index (χ4v) is 6.77. The topological polar surface area (TPSA) is 18.5 Å². The van der Waals surface area contributed by atoms with E-state index in [1.807, 2.05) is 0 Å². The van der Waals surface area contributed by atoms with Crippen molar-refractivity contribution < 1.29 is 9.31 Å². The minimum Gasteiger partial charge on any atom is -0.529 e. The van der Waals surface area contributed by atoms with E-state index in [1.54, 1.807) is 0 Å². The van der Waals surface area contributed by atoms with Crippen molar-refractivity contribution in [3.05, 3.63) is 59.7 Å². The summed E-state index contributed by atoms with van der Waals surface area (Å²) < 4.78 is 11.8. The van der Waals surface area contributed by atoms with Crippen LogP contribution in [-0.2, 0) is 0 Å². The van der Waals surface area contributed by atoms with E-state index in [0.29, 0.717) is 0 Å². The van der Waals surface area contributed by atoms with E-state index in [9.17, 15) is 0 Å². The van der Waals surface area contributed by atoms with Crippen LogP contribution in [0.2, 0.25) is 0 Å². The smallest absolute Gasteiger partial charge is 0.529 e. The van der Waals surface area contributed by atoms with Gasteiger partial charge in [-0.1, -0.05) is 89.5 Å². The lowest BCUT2D eigenvalue weighted by Crippen LogP contribution is -2.14. The Morgan fingerprint density at radius 1 is 0.541 bits per heavy atom. The summed E-state index contributed by atoms with van der Waals surface area (Å²) >= 11 is 0. The summed E-state index contributed by atoms with van der Waals surface area (Å²) in [5, 5.41) is 0. The summed E-state index contributed by atoms with van der Waals surface area (Å²) in [6.07, 6.45) is 22.2. The fourth-order valence-electron chi connectivity index (χ4n) is 6.77. The minimum atomic E-state index is 0.254. The molecule has 0 unspecified atom stereocenters. The third kappa shape index (κ3) is 9.11. The Labute approximate surface area is 228 Å². The molecule has 202 valence electrons. The Morgan fingerprint density at radius 2 is 0.919 bits per heavy atom. The summed E-state index contributed by atoms with van der Waals surface area (Å²) in [7, 11) is 0.254. The van der Waals surface area contributed by atoms with Gasteiger partial charge in [0.05, 0.1) is 0 Å². The molecule has 0 spiro atoms. The molecule has 0 radical (unpaired) electrons. The monoisotopic (exact) mass is 502 g/mol. The molecule has 0 atom stereocenters. The zero-order valence-electron chi connectivity index (χ0n) is 23.8. The Balaban J connectivity index is 1.14. The van der Waals surface area contributed by atoms with Crippen molar-refractivity contribution in [1.82, 2.24) is 0 Å². The molecule has 2 aromatic rings. The second-order valence-corrected chi connectivity index (χ2v) is 12.0. The van der Waals surface area contributed by atoms with Gasteiger partial charge in [0.1, 0.15) is 11.5 Å². The van der Waals surface area contributed by atoms with Crippen molar-refractivity contribution in [3.8, 4) is 11.5 Å². The molecule has 2 aliphatic rings. The van der Waals surface area contributed by atoms with Crippen LogP contribution in [0.4, 0.5) is 0 Å². The summed E-state index contributed by atoms with van der Waals surface area (Å²) in [5.74, 6) is 5.16. The normalized spacial score (nSPS) is 23.9. The second-order valence-electron chi connectivity index (χ2n) is 12.0. The van der Waals surface area contributed by atoms with E-state index >= 15 is 0 Å². The average Bonchev–Trinajstić information content (AvgIpc) is 2.95. The minimum absolute atomic E-state index is 0.254. The van der Waals surface area contributed by atoms with E-state index < -0.39 is 0 Å². The van der Waals surface area contributed by atoms with Gasteiger partial charge in [0, 0.05) is 0 Å². The van der Waals surface area contributed by atoms with E-state index in [-0.39, 0.29) is 7.69 Å². The van der Waals surface area contributed by atoms with Gasteiger partial charge in [0.2, 0.25) is 0 Å². The van der Waals surface area contributed by atoms with Gasteiger partial charge in [-0.3, -0.25) is 0 Å². The first kappa shape index (κ1) is 28.1. The number of rotatable bonds is 14. The molecule has 0 bridgehead atoms. The summed E-state index contributed by atoms with van der Waals surface area (Å²) in [5.41, 5.74) is 2.96. The molecule has 0 saturated heterocycles. The number of hydrogen-bond donors (Lipinski definition) is 0. The van der Waals surface area contributed by atoms with Gasteiger partial charge in [0.25, 0.3) is 0 Å². The van der Waals surface area contributed by atoms with Crippen molar-refractivity contribution in [2.45, 2.75) is 128 Å². The SMILES string of the molecule is CCCCCC1CCC(c2ccc(OBOc3ccc(C4CCC(CCCCC)CC4)cc3)cc2)CC1. The number of hydrogen-bond acceptors (Lipinski definition) is 2. The lowest BCUT2D eigenvalue weighted by atomic mass is 9.77. The van der Waals surface area contributed by atoms with Crippen LogP contribution in [0, 0.1) is 11.8 Å². The van der Waals surface area contributed by atoms with Crippen LogP contribution in [0.15, 0.2) is 48.5 Å². The van der Waals surface area contributed by atoms with Crippen LogP contribution in [0.3, 0.4) is 0 Å². The number of unbranched alkanes of at least 4 members (excludes halogenated alkanes) is 4. The van der Waals surface area contributed by atoms with Crippen LogP contribution in [0.5, 0.6) is 11.5 Å². The first-order valence-electron chi connectivity index (χ1n) is 15.7. The standard InChI is InChI=1S/C34H51BO2/c1-3-5-7-9-27-11-15-29(16-12-27)31-19-23-33(24-20-31)36-35-37-34-25-21-32(22-26-34)30-17-13-28(14-18-30)10-8-6-4-2/h19-30,35H,3-18H2,1-2H3. The molecule has 2 aromatic carbocycles. The molecule has 0 heterocycles. The third-order valence-corrected chi connectivity index (χ3v) is 9.28. The highest BCUT2D eigenvalue weighted by atomic mass is 16.6. The second kappa shape index (κ2) is 15.5. The maximum atomic E-state index is 5.90. The zero-order valence-corrected chi connectivity index (χ0v) is 23.8. The van der Waals surface area contributed by atoms with Crippen molar-refractivity contribution in [2.75, 3.05) is 0 Å². The predicted octanol–water partition coefficient (Wildman–Crippen LogP) is 10.1. The van der Waals surface area contributed by atoms with Crippen molar-refractivity contribution in [1.29, 1.82) is 0 Å². The number of benzene rings is 2. The largest absolute Gasteiger partial charge is 0.576 e. The average molecular weight is 503 g/mol. The molecule has 3 heteroatoms. The Morgan fingerprint density at radius 3 is 1.27 bits per heavy atom. The van der Waals surface area contributed by atoms with Crippen LogP contribution in [0.1, 0.15) is 140 Å². The van der Waals surface area contributed by atoms with Gasteiger partial charge in [-0.05, 0) is 110 Å². The lowest BCUT2D eigenvalue weighted by molar-refractivity contribution is 0.302. The van der Waals surface area contributed by atoms with E-state index in [1.165, 1.54) is 114 Å². The Kier molecular flexibility index (Phi) is 11.8. The molecular weight excluding hydrogens is 451 g/mol. The van der Waals surface area contributed by atoms with Gasteiger partial charge in [-0.25, -0.2) is 0 Å². The molecule has 2 nitrogen and oxygen atoms in total. The molecule has 0 aliphatic heterocycles. The van der Waals surface area contributed by atoms with Crippen LogP contribution in [0.25, 0.3) is 0 Å². The zero-order chi connectivity index (χ0) is 25.7. The Hall–Kier alpha value is -1.90. The highest BCUT2D eigenvalue weighted by molar-refractivity contribution is 6.20. The molecule has 2 aliphatic carbocycles. The van der Waals surface area contributed by atoms with Crippen molar-refractivity contribution >= 4 is 7.69 Å². The molecule has 2 saturated carbocycles. The molecular formula is C34H51BO2.